The highest BCUT2D eigenvalue weighted by Gasteiger charge is 2.13. The molecule has 1 amide bonds. The van der Waals surface area contributed by atoms with Gasteiger partial charge in [-0.25, -0.2) is 17.9 Å². The van der Waals surface area contributed by atoms with Gasteiger partial charge in [0.05, 0.1) is 32.7 Å². The predicted molar refractivity (Wildman–Crippen MR) is 105 cm³/mol. The van der Waals surface area contributed by atoms with Gasteiger partial charge in [0.2, 0.25) is 10.0 Å². The number of fused-ring (bicyclic) bond motifs is 2. The van der Waals surface area contributed by atoms with E-state index < -0.39 is 10.0 Å². The molecule has 3 aromatic heterocycles. The molecular formula is C17H15N5O3S2. The summed E-state index contributed by atoms with van der Waals surface area (Å²) in [6.45, 7) is 0.00379. The fraction of sp³-hybridized carbons (Fsp3) is 0.118. The number of nitrogens with one attached hydrogen (secondary N) is 2. The lowest BCUT2D eigenvalue weighted by Gasteiger charge is -2.09. The van der Waals surface area contributed by atoms with Gasteiger partial charge in [-0.05, 0) is 36.4 Å². The van der Waals surface area contributed by atoms with E-state index in [1.807, 2.05) is 0 Å². The third-order valence-electron chi connectivity index (χ3n) is 3.92. The van der Waals surface area contributed by atoms with Gasteiger partial charge in [-0.2, -0.15) is 5.10 Å². The van der Waals surface area contributed by atoms with E-state index in [0.29, 0.717) is 11.3 Å². The van der Waals surface area contributed by atoms with Crippen molar-refractivity contribution >= 4 is 48.7 Å². The summed E-state index contributed by atoms with van der Waals surface area (Å²) in [5, 5.41) is 6.69. The molecule has 0 unspecified atom stereocenters. The standard InChI is InChI=1S/C17H15N5O3S2/c23-17(12-1-2-15-16(9-12)26-11-19-15)18-6-8-27(24,25)21-13-4-7-22-14(10-13)3-5-20-22/h1-5,7,9-11,21H,6,8H2,(H,18,23). The molecule has 0 saturated carbocycles. The summed E-state index contributed by atoms with van der Waals surface area (Å²) in [5.74, 6) is -0.549. The van der Waals surface area contributed by atoms with E-state index in [9.17, 15) is 13.2 Å². The number of thiazole rings is 1. The van der Waals surface area contributed by atoms with Crippen molar-refractivity contribution in [1.82, 2.24) is 19.9 Å². The Balaban J connectivity index is 1.36. The molecule has 0 aliphatic heterocycles. The van der Waals surface area contributed by atoms with Gasteiger partial charge in [-0.3, -0.25) is 9.52 Å². The minimum atomic E-state index is -3.59. The van der Waals surface area contributed by atoms with Gasteiger partial charge in [0.25, 0.3) is 5.91 Å². The summed E-state index contributed by atoms with van der Waals surface area (Å²) < 4.78 is 29.5. The van der Waals surface area contributed by atoms with Gasteiger partial charge in [0.15, 0.2) is 0 Å². The first-order valence-electron chi connectivity index (χ1n) is 8.05. The van der Waals surface area contributed by atoms with E-state index in [0.717, 1.165) is 15.7 Å². The number of nitrogens with zero attached hydrogens (tertiary/aromatic N) is 3. The second-order valence-corrected chi connectivity index (χ2v) is 8.56. The van der Waals surface area contributed by atoms with Crippen molar-refractivity contribution < 1.29 is 13.2 Å². The number of sulfonamides is 1. The summed E-state index contributed by atoms with van der Waals surface area (Å²) in [6.07, 6.45) is 3.30. The minimum absolute atomic E-state index is 0.00379. The molecule has 3 heterocycles. The molecule has 0 bridgehead atoms. The van der Waals surface area contributed by atoms with Crippen LogP contribution in [0, 0.1) is 0 Å². The zero-order valence-corrected chi connectivity index (χ0v) is 15.6. The molecule has 0 aliphatic rings. The molecule has 8 nitrogen and oxygen atoms in total. The first kappa shape index (κ1) is 17.4. The number of anilines is 1. The second-order valence-electron chi connectivity index (χ2n) is 5.83. The Kier molecular flexibility index (Phi) is 4.50. The Morgan fingerprint density at radius 2 is 2.07 bits per heavy atom. The molecule has 1 aromatic carbocycles. The third kappa shape index (κ3) is 3.91. The van der Waals surface area contributed by atoms with Gasteiger partial charge in [-0.1, -0.05) is 0 Å². The topological polar surface area (TPSA) is 105 Å². The molecule has 2 N–H and O–H groups in total. The molecule has 0 fully saturated rings. The normalized spacial score (nSPS) is 11.7. The van der Waals surface area contributed by atoms with Gasteiger partial charge < -0.3 is 5.32 Å². The van der Waals surface area contributed by atoms with Crippen molar-refractivity contribution in [3.05, 3.63) is 59.9 Å². The van der Waals surface area contributed by atoms with Crippen LogP contribution in [0.3, 0.4) is 0 Å². The fourth-order valence-electron chi connectivity index (χ4n) is 2.61. The van der Waals surface area contributed by atoms with Gasteiger partial charge >= 0.3 is 0 Å². The summed E-state index contributed by atoms with van der Waals surface area (Å²) in [4.78, 5) is 16.4. The monoisotopic (exact) mass is 401 g/mol. The van der Waals surface area contributed by atoms with E-state index >= 15 is 0 Å². The molecule has 10 heteroatoms. The summed E-state index contributed by atoms with van der Waals surface area (Å²) >= 11 is 1.45. The van der Waals surface area contributed by atoms with Crippen molar-refractivity contribution in [3.63, 3.8) is 0 Å². The number of hydrogen-bond donors (Lipinski definition) is 2. The van der Waals surface area contributed by atoms with Crippen LogP contribution >= 0.6 is 11.3 Å². The quantitative estimate of drug-likeness (QED) is 0.515. The van der Waals surface area contributed by atoms with Crippen LogP contribution in [-0.2, 0) is 10.0 Å². The molecule has 0 radical (unpaired) electrons. The first-order valence-corrected chi connectivity index (χ1v) is 10.6. The average molecular weight is 401 g/mol. The van der Waals surface area contributed by atoms with Crippen LogP contribution in [0.5, 0.6) is 0 Å². The number of carbonyl (C=O) groups excluding carboxylic acids is 1. The molecule has 0 atom stereocenters. The number of pyridine rings is 1. The highest BCUT2D eigenvalue weighted by atomic mass is 32.2. The number of benzene rings is 1. The van der Waals surface area contributed by atoms with Crippen LogP contribution in [-0.4, -0.2) is 41.2 Å². The van der Waals surface area contributed by atoms with Crippen LogP contribution in [0.1, 0.15) is 10.4 Å². The maximum Gasteiger partial charge on any atom is 0.251 e. The molecule has 0 spiro atoms. The lowest BCUT2D eigenvalue weighted by atomic mass is 10.2. The first-order chi connectivity index (χ1) is 13.0. The molecule has 27 heavy (non-hydrogen) atoms. The Bertz CT molecular complexity index is 1230. The summed E-state index contributed by atoms with van der Waals surface area (Å²) in [6, 6.07) is 10.3. The van der Waals surface area contributed by atoms with Gasteiger partial charge in [0.1, 0.15) is 0 Å². The Morgan fingerprint density at radius 1 is 1.19 bits per heavy atom. The van der Waals surface area contributed by atoms with E-state index in [-0.39, 0.29) is 18.2 Å². The van der Waals surface area contributed by atoms with E-state index in [1.54, 1.807) is 58.8 Å². The number of amides is 1. The number of rotatable bonds is 6. The summed E-state index contributed by atoms with van der Waals surface area (Å²) in [5.41, 5.74) is 4.25. The molecular weight excluding hydrogens is 386 g/mol. The van der Waals surface area contributed by atoms with Crippen molar-refractivity contribution in [1.29, 1.82) is 0 Å². The Morgan fingerprint density at radius 3 is 2.96 bits per heavy atom. The van der Waals surface area contributed by atoms with Gasteiger partial charge in [0, 0.05) is 24.5 Å². The highest BCUT2D eigenvalue weighted by Crippen LogP contribution is 2.19. The summed E-state index contributed by atoms with van der Waals surface area (Å²) in [7, 11) is -3.59. The average Bonchev–Trinajstić information content (AvgIpc) is 3.28. The van der Waals surface area contributed by atoms with E-state index in [1.165, 1.54) is 11.3 Å². The van der Waals surface area contributed by atoms with Crippen molar-refractivity contribution in [2.45, 2.75) is 0 Å². The Hall–Kier alpha value is -2.98. The smallest absolute Gasteiger partial charge is 0.251 e. The zero-order valence-electron chi connectivity index (χ0n) is 14.0. The molecule has 0 aliphatic carbocycles. The number of aromatic nitrogens is 3. The van der Waals surface area contributed by atoms with E-state index in [4.69, 9.17) is 0 Å². The SMILES string of the molecule is O=C(NCCS(=O)(=O)Nc1ccn2nccc2c1)c1ccc2ncsc2c1. The van der Waals surface area contributed by atoms with Crippen LogP contribution < -0.4 is 10.0 Å². The lowest BCUT2D eigenvalue weighted by molar-refractivity contribution is 0.0956. The van der Waals surface area contributed by atoms with E-state index in [2.05, 4.69) is 20.1 Å². The maximum atomic E-state index is 12.2. The second kappa shape index (κ2) is 6.97. The largest absolute Gasteiger partial charge is 0.351 e. The number of hydrogen-bond acceptors (Lipinski definition) is 6. The number of carbonyl (C=O) groups is 1. The predicted octanol–water partition coefficient (Wildman–Crippen LogP) is 2.12. The fourth-order valence-corrected chi connectivity index (χ4v) is 4.29. The Labute approximate surface area is 158 Å². The molecule has 4 aromatic rings. The van der Waals surface area contributed by atoms with Crippen LogP contribution in [0.4, 0.5) is 5.69 Å². The zero-order chi connectivity index (χ0) is 18.9. The maximum absolute atomic E-state index is 12.2. The lowest BCUT2D eigenvalue weighted by Crippen LogP contribution is -2.31. The van der Waals surface area contributed by atoms with Crippen molar-refractivity contribution in [2.24, 2.45) is 0 Å². The molecule has 138 valence electrons. The van der Waals surface area contributed by atoms with Gasteiger partial charge in [-0.15, -0.1) is 11.3 Å². The van der Waals surface area contributed by atoms with Crippen LogP contribution in [0.15, 0.2) is 54.3 Å². The van der Waals surface area contributed by atoms with Crippen molar-refractivity contribution in [2.75, 3.05) is 17.0 Å². The highest BCUT2D eigenvalue weighted by molar-refractivity contribution is 7.92. The third-order valence-corrected chi connectivity index (χ3v) is 6.00. The molecule has 4 rings (SSSR count). The molecule has 0 saturated heterocycles. The van der Waals surface area contributed by atoms with Crippen LogP contribution in [0.2, 0.25) is 0 Å². The van der Waals surface area contributed by atoms with Crippen molar-refractivity contribution in [3.8, 4) is 0 Å². The van der Waals surface area contributed by atoms with Crippen LogP contribution in [0.25, 0.3) is 15.7 Å². The minimum Gasteiger partial charge on any atom is -0.351 e.